The zero-order chi connectivity index (χ0) is 19.4. The third-order valence-corrected chi connectivity index (χ3v) is 4.96. The Kier molecular flexibility index (Phi) is 6.29. The van der Waals surface area contributed by atoms with Crippen LogP contribution in [0, 0.1) is 0 Å². The van der Waals surface area contributed by atoms with Gasteiger partial charge in [0.25, 0.3) is 0 Å². The zero-order valence-electron chi connectivity index (χ0n) is 15.0. The number of hydrogen-bond acceptors (Lipinski definition) is 3. The Morgan fingerprint density at radius 2 is 1.89 bits per heavy atom. The minimum absolute atomic E-state index is 0.327. The summed E-state index contributed by atoms with van der Waals surface area (Å²) in [4.78, 5) is 2.16. The summed E-state index contributed by atoms with van der Waals surface area (Å²) >= 11 is 6.37. The van der Waals surface area contributed by atoms with Crippen LogP contribution in [0.15, 0.2) is 42.5 Å². The molecule has 1 unspecified atom stereocenters. The molecule has 1 N–H and O–H groups in total. The second kappa shape index (κ2) is 8.50. The standard InChI is InChI=1S/C20H22ClF3N2O/c1-2-27-16-5-3-4-14(12-16)19(26-10-8-25-9-11-26)17-13-15(20(22,23)24)6-7-18(17)21/h3-7,12-13,19,25H,2,8-11H2,1H3. The van der Waals surface area contributed by atoms with E-state index in [0.29, 0.717) is 22.9 Å². The van der Waals surface area contributed by atoms with E-state index in [1.807, 2.05) is 31.2 Å². The third kappa shape index (κ3) is 4.75. The average molecular weight is 399 g/mol. The minimum atomic E-state index is -4.42. The highest BCUT2D eigenvalue weighted by Crippen LogP contribution is 2.38. The van der Waals surface area contributed by atoms with Crippen LogP contribution in [-0.4, -0.2) is 37.7 Å². The third-order valence-electron chi connectivity index (χ3n) is 4.62. The first-order chi connectivity index (χ1) is 12.9. The number of hydrogen-bond donors (Lipinski definition) is 1. The van der Waals surface area contributed by atoms with Crippen molar-refractivity contribution in [1.82, 2.24) is 10.2 Å². The molecule has 146 valence electrons. The number of ether oxygens (including phenoxy) is 1. The Morgan fingerprint density at radius 1 is 1.15 bits per heavy atom. The van der Waals surface area contributed by atoms with E-state index in [1.54, 1.807) is 0 Å². The molecule has 1 fully saturated rings. The number of nitrogens with zero attached hydrogens (tertiary/aromatic N) is 1. The van der Waals surface area contributed by atoms with Crippen LogP contribution in [0.3, 0.4) is 0 Å². The average Bonchev–Trinajstić information content (AvgIpc) is 2.64. The predicted molar refractivity (Wildman–Crippen MR) is 100 cm³/mol. The van der Waals surface area contributed by atoms with Crippen LogP contribution < -0.4 is 10.1 Å². The molecule has 0 saturated carbocycles. The normalized spacial score (nSPS) is 16.9. The van der Waals surface area contributed by atoms with Crippen LogP contribution in [0.2, 0.25) is 5.02 Å². The molecule has 0 aliphatic carbocycles. The van der Waals surface area contributed by atoms with Crippen molar-refractivity contribution in [3.8, 4) is 5.75 Å². The molecule has 1 aliphatic rings. The van der Waals surface area contributed by atoms with Gasteiger partial charge in [-0.2, -0.15) is 13.2 Å². The number of alkyl halides is 3. The van der Waals surface area contributed by atoms with Crippen molar-refractivity contribution in [1.29, 1.82) is 0 Å². The molecule has 1 saturated heterocycles. The van der Waals surface area contributed by atoms with E-state index in [-0.39, 0.29) is 6.04 Å². The van der Waals surface area contributed by atoms with Crippen LogP contribution in [0.1, 0.15) is 29.7 Å². The highest BCUT2D eigenvalue weighted by molar-refractivity contribution is 6.31. The molecule has 3 nitrogen and oxygen atoms in total. The molecule has 3 rings (SSSR count). The summed E-state index contributed by atoms with van der Waals surface area (Å²) in [6.45, 7) is 5.40. The second-order valence-corrected chi connectivity index (χ2v) is 6.84. The monoisotopic (exact) mass is 398 g/mol. The van der Waals surface area contributed by atoms with Crippen molar-refractivity contribution in [3.05, 3.63) is 64.2 Å². The first kappa shape index (κ1) is 20.0. The fourth-order valence-electron chi connectivity index (χ4n) is 3.40. The van der Waals surface area contributed by atoms with Crippen molar-refractivity contribution in [2.45, 2.75) is 19.1 Å². The number of nitrogens with one attached hydrogen (secondary N) is 1. The van der Waals surface area contributed by atoms with Gasteiger partial charge < -0.3 is 10.1 Å². The maximum absolute atomic E-state index is 13.3. The predicted octanol–water partition coefficient (Wildman–Crippen LogP) is 4.75. The lowest BCUT2D eigenvalue weighted by Crippen LogP contribution is -2.45. The molecule has 1 heterocycles. The van der Waals surface area contributed by atoms with Gasteiger partial charge in [0.1, 0.15) is 5.75 Å². The summed E-state index contributed by atoms with van der Waals surface area (Å²) in [7, 11) is 0. The largest absolute Gasteiger partial charge is 0.494 e. The molecule has 0 aromatic heterocycles. The quantitative estimate of drug-likeness (QED) is 0.786. The number of rotatable bonds is 5. The van der Waals surface area contributed by atoms with E-state index >= 15 is 0 Å². The number of piperazine rings is 1. The molecule has 0 bridgehead atoms. The van der Waals surface area contributed by atoms with Crippen molar-refractivity contribution in [2.24, 2.45) is 0 Å². The molecule has 27 heavy (non-hydrogen) atoms. The van der Waals surface area contributed by atoms with E-state index in [0.717, 1.165) is 37.8 Å². The van der Waals surface area contributed by atoms with Gasteiger partial charge in [-0.15, -0.1) is 0 Å². The van der Waals surface area contributed by atoms with Gasteiger partial charge in [-0.25, -0.2) is 0 Å². The fourth-order valence-corrected chi connectivity index (χ4v) is 3.62. The van der Waals surface area contributed by atoms with E-state index in [4.69, 9.17) is 16.3 Å². The van der Waals surface area contributed by atoms with Gasteiger partial charge >= 0.3 is 6.18 Å². The van der Waals surface area contributed by atoms with Crippen LogP contribution in [0.5, 0.6) is 5.75 Å². The van der Waals surface area contributed by atoms with Gasteiger partial charge in [-0.1, -0.05) is 23.7 Å². The van der Waals surface area contributed by atoms with E-state index in [2.05, 4.69) is 10.2 Å². The fraction of sp³-hybridized carbons (Fsp3) is 0.400. The van der Waals surface area contributed by atoms with Gasteiger partial charge in [-0.3, -0.25) is 4.90 Å². The molecule has 2 aromatic rings. The Bertz CT molecular complexity index is 776. The molecular weight excluding hydrogens is 377 g/mol. The molecule has 0 radical (unpaired) electrons. The van der Waals surface area contributed by atoms with E-state index < -0.39 is 11.7 Å². The van der Waals surface area contributed by atoms with Crippen molar-refractivity contribution < 1.29 is 17.9 Å². The minimum Gasteiger partial charge on any atom is -0.494 e. The number of benzene rings is 2. The lowest BCUT2D eigenvalue weighted by atomic mass is 9.94. The molecule has 2 aromatic carbocycles. The Labute approximate surface area is 162 Å². The smallest absolute Gasteiger partial charge is 0.416 e. The summed E-state index contributed by atoms with van der Waals surface area (Å²) in [5.41, 5.74) is 0.633. The molecule has 1 aliphatic heterocycles. The van der Waals surface area contributed by atoms with Crippen LogP contribution in [0.25, 0.3) is 0 Å². The lowest BCUT2D eigenvalue weighted by molar-refractivity contribution is -0.137. The summed E-state index contributed by atoms with van der Waals surface area (Å²) < 4.78 is 45.4. The van der Waals surface area contributed by atoms with Crippen LogP contribution >= 0.6 is 11.6 Å². The van der Waals surface area contributed by atoms with Crippen molar-refractivity contribution >= 4 is 11.6 Å². The van der Waals surface area contributed by atoms with Gasteiger partial charge in [0, 0.05) is 31.2 Å². The molecule has 0 spiro atoms. The summed E-state index contributed by atoms with van der Waals surface area (Å²) in [5.74, 6) is 0.693. The van der Waals surface area contributed by atoms with Crippen LogP contribution in [-0.2, 0) is 6.18 Å². The van der Waals surface area contributed by atoms with Crippen molar-refractivity contribution in [3.63, 3.8) is 0 Å². The lowest BCUT2D eigenvalue weighted by Gasteiger charge is -2.36. The molecule has 1 atom stereocenters. The highest BCUT2D eigenvalue weighted by Gasteiger charge is 2.33. The number of halogens is 4. The maximum Gasteiger partial charge on any atom is 0.416 e. The van der Waals surface area contributed by atoms with Gasteiger partial charge in [0.2, 0.25) is 0 Å². The Balaban J connectivity index is 2.09. The summed E-state index contributed by atoms with van der Waals surface area (Å²) in [6, 6.07) is 10.6. The SMILES string of the molecule is CCOc1cccc(C(c2cc(C(F)(F)F)ccc2Cl)N2CCNCC2)c1. The Morgan fingerprint density at radius 3 is 2.56 bits per heavy atom. The van der Waals surface area contributed by atoms with Crippen LogP contribution in [0.4, 0.5) is 13.2 Å². The first-order valence-corrected chi connectivity index (χ1v) is 9.32. The summed E-state index contributed by atoms with van der Waals surface area (Å²) in [6.07, 6.45) is -4.42. The topological polar surface area (TPSA) is 24.5 Å². The Hall–Kier alpha value is -1.76. The molecular formula is C20H22ClF3N2O. The zero-order valence-corrected chi connectivity index (χ0v) is 15.8. The molecule has 7 heteroatoms. The van der Waals surface area contributed by atoms with E-state index in [1.165, 1.54) is 12.1 Å². The van der Waals surface area contributed by atoms with Gasteiger partial charge in [0.05, 0.1) is 18.2 Å². The maximum atomic E-state index is 13.3. The van der Waals surface area contributed by atoms with E-state index in [9.17, 15) is 13.2 Å². The first-order valence-electron chi connectivity index (χ1n) is 8.94. The van der Waals surface area contributed by atoms with Gasteiger partial charge in [0.15, 0.2) is 0 Å². The summed E-state index contributed by atoms with van der Waals surface area (Å²) in [5, 5.41) is 3.60. The van der Waals surface area contributed by atoms with Gasteiger partial charge in [-0.05, 0) is 48.4 Å². The molecule has 0 amide bonds. The van der Waals surface area contributed by atoms with Crippen molar-refractivity contribution in [2.75, 3.05) is 32.8 Å². The highest BCUT2D eigenvalue weighted by atomic mass is 35.5. The second-order valence-electron chi connectivity index (χ2n) is 6.43.